The highest BCUT2D eigenvalue weighted by Gasteiger charge is 2.18. The fourth-order valence-electron chi connectivity index (χ4n) is 3.43. The molecule has 4 aromatic rings. The molecule has 0 saturated carbocycles. The molecule has 6 nitrogen and oxygen atoms in total. The molecule has 2 heterocycles. The summed E-state index contributed by atoms with van der Waals surface area (Å²) in [6.07, 6.45) is 4.89. The third-order valence-electron chi connectivity index (χ3n) is 5.16. The van der Waals surface area contributed by atoms with Gasteiger partial charge in [0.2, 0.25) is 5.91 Å². The molecule has 0 aliphatic heterocycles. The van der Waals surface area contributed by atoms with Crippen LogP contribution in [-0.4, -0.2) is 25.3 Å². The number of carbonyl (C=O) groups is 1. The van der Waals surface area contributed by atoms with Crippen molar-refractivity contribution < 1.29 is 4.79 Å². The Bertz CT molecular complexity index is 1290. The normalized spacial score (nSPS) is 10.9. The zero-order valence-electron chi connectivity index (χ0n) is 17.0. The highest BCUT2D eigenvalue weighted by molar-refractivity contribution is 9.10. The van der Waals surface area contributed by atoms with Gasteiger partial charge < -0.3 is 4.90 Å². The van der Waals surface area contributed by atoms with E-state index in [1.54, 1.807) is 29.4 Å². The lowest BCUT2D eigenvalue weighted by atomic mass is 10.1. The summed E-state index contributed by atoms with van der Waals surface area (Å²) in [6.45, 7) is 2.79. The third-order valence-corrected chi connectivity index (χ3v) is 5.66. The lowest BCUT2D eigenvalue weighted by molar-refractivity contribution is -0.133. The summed E-state index contributed by atoms with van der Waals surface area (Å²) in [6, 6.07) is 17.1. The number of aryl methyl sites for hydroxylation is 1. The first-order valence-corrected chi connectivity index (χ1v) is 10.7. The van der Waals surface area contributed by atoms with Crippen LogP contribution in [0.1, 0.15) is 16.7 Å². The van der Waals surface area contributed by atoms with Gasteiger partial charge in [-0.1, -0.05) is 46.3 Å². The van der Waals surface area contributed by atoms with Gasteiger partial charge in [-0.15, -0.1) is 0 Å². The van der Waals surface area contributed by atoms with Crippen LogP contribution in [0.5, 0.6) is 0 Å². The second-order valence-electron chi connectivity index (χ2n) is 7.38. The van der Waals surface area contributed by atoms with Crippen molar-refractivity contribution in [3.63, 3.8) is 0 Å². The number of halogens is 1. The zero-order valence-corrected chi connectivity index (χ0v) is 18.6. The smallest absolute Gasteiger partial charge is 0.261 e. The summed E-state index contributed by atoms with van der Waals surface area (Å²) in [5, 5.41) is 0.474. The third kappa shape index (κ3) is 4.88. The average Bonchev–Trinajstić information content (AvgIpc) is 2.77. The largest absolute Gasteiger partial charge is 0.332 e. The van der Waals surface area contributed by atoms with Crippen LogP contribution < -0.4 is 5.56 Å². The molecule has 2 aromatic carbocycles. The van der Waals surface area contributed by atoms with E-state index in [4.69, 9.17) is 0 Å². The van der Waals surface area contributed by atoms with Crippen molar-refractivity contribution in [2.45, 2.75) is 26.6 Å². The molecule has 0 N–H and O–H groups in total. The number of fused-ring (bicyclic) bond motifs is 1. The number of benzene rings is 2. The summed E-state index contributed by atoms with van der Waals surface area (Å²) in [5.41, 5.74) is 3.46. The van der Waals surface area contributed by atoms with E-state index in [1.165, 1.54) is 10.9 Å². The van der Waals surface area contributed by atoms with Crippen LogP contribution >= 0.6 is 15.9 Å². The van der Waals surface area contributed by atoms with Gasteiger partial charge in [0.05, 0.1) is 17.2 Å². The minimum Gasteiger partial charge on any atom is -0.332 e. The van der Waals surface area contributed by atoms with E-state index in [-0.39, 0.29) is 18.0 Å². The molecule has 2 aromatic heterocycles. The number of amides is 1. The topological polar surface area (TPSA) is 68.1 Å². The van der Waals surface area contributed by atoms with Gasteiger partial charge in [-0.2, -0.15) is 0 Å². The average molecular weight is 477 g/mol. The number of carbonyl (C=O) groups excluding carboxylic acids is 1. The molecule has 31 heavy (non-hydrogen) atoms. The predicted molar refractivity (Wildman–Crippen MR) is 123 cm³/mol. The van der Waals surface area contributed by atoms with Gasteiger partial charge in [0.15, 0.2) is 0 Å². The van der Waals surface area contributed by atoms with Crippen LogP contribution in [0.2, 0.25) is 0 Å². The maximum absolute atomic E-state index is 13.3. The highest BCUT2D eigenvalue weighted by atomic mass is 79.9. The van der Waals surface area contributed by atoms with Crippen molar-refractivity contribution in [1.29, 1.82) is 0 Å². The molecule has 1 amide bonds. The summed E-state index contributed by atoms with van der Waals surface area (Å²) >= 11 is 3.39. The lowest BCUT2D eigenvalue weighted by Crippen LogP contribution is -2.36. The zero-order chi connectivity index (χ0) is 21.8. The van der Waals surface area contributed by atoms with Crippen LogP contribution in [0.15, 0.2) is 82.6 Å². The van der Waals surface area contributed by atoms with Gasteiger partial charge >= 0.3 is 0 Å². The van der Waals surface area contributed by atoms with E-state index in [9.17, 15) is 9.59 Å². The second-order valence-corrected chi connectivity index (χ2v) is 8.29. The van der Waals surface area contributed by atoms with Crippen LogP contribution in [0, 0.1) is 6.92 Å². The van der Waals surface area contributed by atoms with Gasteiger partial charge in [-0.3, -0.25) is 19.1 Å². The van der Waals surface area contributed by atoms with Gasteiger partial charge in [-0.05, 0) is 47.9 Å². The Kier molecular flexibility index (Phi) is 6.23. The summed E-state index contributed by atoms with van der Waals surface area (Å²) in [7, 11) is 0. The van der Waals surface area contributed by atoms with Crippen LogP contribution in [-0.2, 0) is 24.4 Å². The number of hydrogen-bond donors (Lipinski definition) is 0. The molecular formula is C24H21BrN4O2. The summed E-state index contributed by atoms with van der Waals surface area (Å²) in [4.78, 5) is 36.5. The molecule has 0 radical (unpaired) electrons. The van der Waals surface area contributed by atoms with E-state index in [0.717, 1.165) is 21.2 Å². The number of pyridine rings is 1. The molecule has 156 valence electrons. The molecule has 0 spiro atoms. The monoisotopic (exact) mass is 476 g/mol. The molecule has 7 heteroatoms. The van der Waals surface area contributed by atoms with Crippen LogP contribution in [0.4, 0.5) is 0 Å². The first kappa shape index (κ1) is 20.9. The van der Waals surface area contributed by atoms with Crippen molar-refractivity contribution in [2.75, 3.05) is 0 Å². The molecule has 0 atom stereocenters. The Morgan fingerprint density at radius 1 is 1.10 bits per heavy atom. The first-order chi connectivity index (χ1) is 15.0. The Labute approximate surface area is 188 Å². The van der Waals surface area contributed by atoms with Crippen LogP contribution in [0.25, 0.3) is 10.9 Å². The van der Waals surface area contributed by atoms with Crippen molar-refractivity contribution in [3.05, 3.63) is 105 Å². The Morgan fingerprint density at radius 3 is 2.71 bits per heavy atom. The van der Waals surface area contributed by atoms with Crippen molar-refractivity contribution in [1.82, 2.24) is 19.4 Å². The quantitative estimate of drug-likeness (QED) is 0.420. The molecular weight excluding hydrogens is 456 g/mol. The molecule has 0 unspecified atom stereocenters. The number of rotatable bonds is 6. The fourth-order valence-corrected chi connectivity index (χ4v) is 3.79. The Hall–Kier alpha value is -3.32. The first-order valence-electron chi connectivity index (χ1n) is 9.87. The van der Waals surface area contributed by atoms with Gasteiger partial charge in [-0.25, -0.2) is 4.98 Å². The van der Waals surface area contributed by atoms with E-state index < -0.39 is 0 Å². The van der Waals surface area contributed by atoms with Crippen molar-refractivity contribution in [3.8, 4) is 0 Å². The standard InChI is InChI=1S/C24H21BrN4O2/c1-17-5-2-3-7-19(17)14-28(13-18-6-4-10-26-12-18)23(30)15-29-16-27-22-9-8-20(25)11-21(22)24(29)31/h2-12,16H,13-15H2,1H3. The Balaban J connectivity index is 1.64. The van der Waals surface area contributed by atoms with E-state index in [1.807, 2.05) is 49.4 Å². The predicted octanol–water partition coefficient (Wildman–Crippen LogP) is 4.09. The van der Waals surface area contributed by atoms with Crippen LogP contribution in [0.3, 0.4) is 0 Å². The van der Waals surface area contributed by atoms with E-state index in [2.05, 4.69) is 25.9 Å². The maximum atomic E-state index is 13.3. The highest BCUT2D eigenvalue weighted by Crippen LogP contribution is 2.16. The van der Waals surface area contributed by atoms with Crippen molar-refractivity contribution in [2.24, 2.45) is 0 Å². The lowest BCUT2D eigenvalue weighted by Gasteiger charge is -2.24. The number of hydrogen-bond acceptors (Lipinski definition) is 4. The van der Waals surface area contributed by atoms with E-state index >= 15 is 0 Å². The minimum atomic E-state index is -0.239. The Morgan fingerprint density at radius 2 is 1.94 bits per heavy atom. The van der Waals surface area contributed by atoms with Gasteiger partial charge in [0.25, 0.3) is 5.56 Å². The minimum absolute atomic E-state index is 0.0829. The maximum Gasteiger partial charge on any atom is 0.261 e. The molecule has 0 aliphatic carbocycles. The molecule has 4 rings (SSSR count). The molecule has 0 bridgehead atoms. The fraction of sp³-hybridized carbons (Fsp3) is 0.167. The van der Waals surface area contributed by atoms with E-state index in [0.29, 0.717) is 24.0 Å². The van der Waals surface area contributed by atoms with Crippen molar-refractivity contribution >= 4 is 32.7 Å². The molecule has 0 saturated heterocycles. The number of nitrogens with zero attached hydrogens (tertiary/aromatic N) is 4. The summed E-state index contributed by atoms with van der Waals surface area (Å²) < 4.78 is 2.16. The molecule has 0 fully saturated rings. The molecule has 0 aliphatic rings. The second kappa shape index (κ2) is 9.22. The summed E-state index contributed by atoms with van der Waals surface area (Å²) in [5.74, 6) is -0.162. The van der Waals surface area contributed by atoms with Gasteiger partial charge in [0.1, 0.15) is 6.54 Å². The number of aromatic nitrogens is 3. The SMILES string of the molecule is Cc1ccccc1CN(Cc1cccnc1)C(=O)Cn1cnc2ccc(Br)cc2c1=O. The van der Waals surface area contributed by atoms with Gasteiger partial charge in [0, 0.05) is 30.0 Å².